The van der Waals surface area contributed by atoms with Crippen LogP contribution in [0.2, 0.25) is 0 Å². The summed E-state index contributed by atoms with van der Waals surface area (Å²) in [7, 11) is 0. The van der Waals surface area contributed by atoms with Gasteiger partial charge in [0.1, 0.15) is 0 Å². The van der Waals surface area contributed by atoms with Crippen LogP contribution in [0.25, 0.3) is 0 Å². The van der Waals surface area contributed by atoms with Crippen LogP contribution < -0.4 is 0 Å². The number of rotatable bonds is 7. The monoisotopic (exact) mass is 283 g/mol. The smallest absolute Gasteiger partial charge is 0.319 e. The fourth-order valence-corrected chi connectivity index (χ4v) is 2.81. The van der Waals surface area contributed by atoms with E-state index in [0.717, 1.165) is 71.0 Å². The Morgan fingerprint density at radius 3 is 2.15 bits per heavy atom. The predicted molar refractivity (Wildman–Crippen MR) is 85.0 cm³/mol. The van der Waals surface area contributed by atoms with Crippen molar-refractivity contribution in [1.29, 1.82) is 0 Å². The minimum absolute atomic E-state index is 0.249. The molecule has 1 aliphatic rings. The minimum Gasteiger partial charge on any atom is -0.325 e. The van der Waals surface area contributed by atoms with Crippen LogP contribution in [0.3, 0.4) is 0 Å². The summed E-state index contributed by atoms with van der Waals surface area (Å²) in [6.45, 7) is 15.6. The minimum atomic E-state index is 0.249. The van der Waals surface area contributed by atoms with Gasteiger partial charge in [0.05, 0.1) is 0 Å². The van der Waals surface area contributed by atoms with Crippen molar-refractivity contribution < 1.29 is 4.79 Å². The van der Waals surface area contributed by atoms with Gasteiger partial charge < -0.3 is 14.7 Å². The standard InChI is InChI=1S/C16H33N3O/c1-5-17(6-2)11-8-12-18(7-3)16(20)19-13-9-15(4)10-14-19/h15H,5-14H2,1-4H3. The molecular formula is C16H33N3O. The normalized spacial score (nSPS) is 16.8. The molecule has 1 heterocycles. The predicted octanol–water partition coefficient (Wildman–Crippen LogP) is 2.89. The summed E-state index contributed by atoms with van der Waals surface area (Å²) in [4.78, 5) is 19.0. The number of nitrogens with zero attached hydrogens (tertiary/aromatic N) is 3. The molecule has 4 nitrogen and oxygen atoms in total. The second kappa shape index (κ2) is 9.22. The van der Waals surface area contributed by atoms with Crippen LogP contribution in [0.5, 0.6) is 0 Å². The molecule has 2 amide bonds. The Labute approximate surface area is 125 Å². The molecule has 0 aromatic rings. The van der Waals surface area contributed by atoms with Gasteiger partial charge in [-0.1, -0.05) is 20.8 Å². The van der Waals surface area contributed by atoms with E-state index in [1.54, 1.807) is 0 Å². The Kier molecular flexibility index (Phi) is 7.97. The van der Waals surface area contributed by atoms with Crippen LogP contribution in [0.4, 0.5) is 4.79 Å². The largest absolute Gasteiger partial charge is 0.325 e. The van der Waals surface area contributed by atoms with Crippen LogP contribution in [-0.2, 0) is 0 Å². The quantitative estimate of drug-likeness (QED) is 0.718. The number of carbonyl (C=O) groups excluding carboxylic acids is 1. The Balaban J connectivity index is 2.35. The van der Waals surface area contributed by atoms with Gasteiger partial charge in [-0.05, 0) is 51.7 Å². The average molecular weight is 283 g/mol. The van der Waals surface area contributed by atoms with Crippen LogP contribution in [0, 0.1) is 5.92 Å². The molecule has 4 heteroatoms. The first-order chi connectivity index (χ1) is 9.62. The first-order valence-corrected chi connectivity index (χ1v) is 8.38. The Morgan fingerprint density at radius 1 is 1.05 bits per heavy atom. The van der Waals surface area contributed by atoms with Crippen molar-refractivity contribution in [2.24, 2.45) is 5.92 Å². The molecule has 20 heavy (non-hydrogen) atoms. The highest BCUT2D eigenvalue weighted by atomic mass is 16.2. The summed E-state index contributed by atoms with van der Waals surface area (Å²) < 4.78 is 0. The average Bonchev–Trinajstić information content (AvgIpc) is 2.48. The lowest BCUT2D eigenvalue weighted by Gasteiger charge is -2.34. The van der Waals surface area contributed by atoms with Gasteiger partial charge in [-0.25, -0.2) is 4.79 Å². The lowest BCUT2D eigenvalue weighted by atomic mass is 9.99. The molecule has 0 bridgehead atoms. The van der Waals surface area contributed by atoms with Crippen molar-refractivity contribution in [3.63, 3.8) is 0 Å². The number of piperidine rings is 1. The zero-order valence-corrected chi connectivity index (χ0v) is 13.9. The van der Waals surface area contributed by atoms with Crippen molar-refractivity contribution in [1.82, 2.24) is 14.7 Å². The SMILES string of the molecule is CCN(CC)CCCN(CC)C(=O)N1CCC(C)CC1. The van der Waals surface area contributed by atoms with Gasteiger partial charge >= 0.3 is 6.03 Å². The maximum atomic E-state index is 12.5. The lowest BCUT2D eigenvalue weighted by Crippen LogP contribution is -2.47. The summed E-state index contributed by atoms with van der Waals surface area (Å²) in [5.74, 6) is 0.775. The molecule has 1 fully saturated rings. The Bertz CT molecular complexity index is 271. The molecule has 1 rings (SSSR count). The molecule has 1 saturated heterocycles. The van der Waals surface area contributed by atoms with E-state index in [9.17, 15) is 4.79 Å². The zero-order valence-electron chi connectivity index (χ0n) is 13.9. The van der Waals surface area contributed by atoms with Crippen molar-refractivity contribution in [3.8, 4) is 0 Å². The summed E-state index contributed by atoms with van der Waals surface area (Å²) in [5.41, 5.74) is 0. The second-order valence-electron chi connectivity index (χ2n) is 5.91. The molecule has 118 valence electrons. The van der Waals surface area contributed by atoms with E-state index in [1.165, 1.54) is 0 Å². The first-order valence-electron chi connectivity index (χ1n) is 8.38. The third-order valence-corrected chi connectivity index (χ3v) is 4.50. The van der Waals surface area contributed by atoms with Gasteiger partial charge in [0.15, 0.2) is 0 Å². The molecule has 0 aliphatic carbocycles. The molecule has 1 aliphatic heterocycles. The highest BCUT2D eigenvalue weighted by Crippen LogP contribution is 2.17. The molecular weight excluding hydrogens is 250 g/mol. The van der Waals surface area contributed by atoms with Crippen molar-refractivity contribution in [2.75, 3.05) is 45.8 Å². The first kappa shape index (κ1) is 17.3. The van der Waals surface area contributed by atoms with E-state index in [2.05, 4.69) is 32.6 Å². The topological polar surface area (TPSA) is 26.8 Å². The molecule has 0 unspecified atom stereocenters. The molecule has 0 spiro atoms. The van der Waals surface area contributed by atoms with E-state index in [4.69, 9.17) is 0 Å². The van der Waals surface area contributed by atoms with Gasteiger partial charge in [-0.15, -0.1) is 0 Å². The fourth-order valence-electron chi connectivity index (χ4n) is 2.81. The molecule has 0 aromatic heterocycles. The number of hydrogen-bond acceptors (Lipinski definition) is 2. The lowest BCUT2D eigenvalue weighted by molar-refractivity contribution is 0.134. The van der Waals surface area contributed by atoms with E-state index < -0.39 is 0 Å². The van der Waals surface area contributed by atoms with Crippen molar-refractivity contribution in [2.45, 2.75) is 47.0 Å². The van der Waals surface area contributed by atoms with Crippen molar-refractivity contribution in [3.05, 3.63) is 0 Å². The highest BCUT2D eigenvalue weighted by Gasteiger charge is 2.23. The summed E-state index contributed by atoms with van der Waals surface area (Å²) in [5, 5.41) is 0. The molecule has 0 aromatic carbocycles. The Hall–Kier alpha value is -0.770. The highest BCUT2D eigenvalue weighted by molar-refractivity contribution is 5.74. The number of carbonyl (C=O) groups is 1. The molecule has 0 atom stereocenters. The van der Waals surface area contributed by atoms with Gasteiger partial charge in [0.2, 0.25) is 0 Å². The summed E-state index contributed by atoms with van der Waals surface area (Å²) in [6.07, 6.45) is 3.39. The van der Waals surface area contributed by atoms with Crippen LogP contribution in [-0.4, -0.2) is 66.5 Å². The second-order valence-corrected chi connectivity index (χ2v) is 5.91. The van der Waals surface area contributed by atoms with Gasteiger partial charge in [0.25, 0.3) is 0 Å². The van der Waals surface area contributed by atoms with E-state index in [1.807, 2.05) is 9.80 Å². The van der Waals surface area contributed by atoms with E-state index >= 15 is 0 Å². The molecule has 0 N–H and O–H groups in total. The Morgan fingerprint density at radius 2 is 1.65 bits per heavy atom. The summed E-state index contributed by atoms with van der Waals surface area (Å²) in [6, 6.07) is 0.249. The molecule has 0 saturated carbocycles. The van der Waals surface area contributed by atoms with E-state index in [-0.39, 0.29) is 6.03 Å². The maximum absolute atomic E-state index is 12.5. The summed E-state index contributed by atoms with van der Waals surface area (Å²) >= 11 is 0. The number of likely N-dealkylation sites (tertiary alicyclic amines) is 1. The van der Waals surface area contributed by atoms with Crippen molar-refractivity contribution >= 4 is 6.03 Å². The van der Waals surface area contributed by atoms with E-state index in [0.29, 0.717) is 0 Å². The number of urea groups is 1. The number of hydrogen-bond donors (Lipinski definition) is 0. The molecule has 0 radical (unpaired) electrons. The third kappa shape index (κ3) is 5.31. The number of amides is 2. The third-order valence-electron chi connectivity index (χ3n) is 4.50. The van der Waals surface area contributed by atoms with Crippen LogP contribution >= 0.6 is 0 Å². The van der Waals surface area contributed by atoms with Crippen LogP contribution in [0.1, 0.15) is 47.0 Å². The maximum Gasteiger partial charge on any atom is 0.319 e. The van der Waals surface area contributed by atoms with Gasteiger partial charge in [0, 0.05) is 26.2 Å². The van der Waals surface area contributed by atoms with Gasteiger partial charge in [-0.3, -0.25) is 0 Å². The zero-order chi connectivity index (χ0) is 15.0. The fraction of sp³-hybridized carbons (Fsp3) is 0.938. The van der Waals surface area contributed by atoms with Crippen LogP contribution in [0.15, 0.2) is 0 Å². The van der Waals surface area contributed by atoms with Gasteiger partial charge in [-0.2, -0.15) is 0 Å².